The average molecular weight is 556 g/mol. The fourth-order valence-electron chi connectivity index (χ4n) is 6.56. The first-order valence-electron chi connectivity index (χ1n) is 14.4. The van der Waals surface area contributed by atoms with Gasteiger partial charge in [-0.2, -0.15) is 0 Å². The topological polar surface area (TPSA) is 29.0 Å². The zero-order valence-electron chi connectivity index (χ0n) is 23.6. The SMILES string of the molecule is C[Si]1(C)c2ccccc2N(c2ccc3c(-c4cccc5ccccc45)nc(-c4ccccc4)nc3c2)c2ccccc21. The van der Waals surface area contributed by atoms with Crippen LogP contribution in [0.15, 0.2) is 140 Å². The van der Waals surface area contributed by atoms with E-state index in [9.17, 15) is 0 Å². The summed E-state index contributed by atoms with van der Waals surface area (Å²) in [5.74, 6) is 0.733. The highest BCUT2D eigenvalue weighted by Gasteiger charge is 2.38. The molecule has 2 heterocycles. The molecule has 0 bridgehead atoms. The van der Waals surface area contributed by atoms with Gasteiger partial charge in [0, 0.05) is 33.6 Å². The van der Waals surface area contributed by atoms with Gasteiger partial charge in [0.25, 0.3) is 0 Å². The van der Waals surface area contributed by atoms with Crippen LogP contribution in [0.3, 0.4) is 0 Å². The van der Waals surface area contributed by atoms with E-state index in [4.69, 9.17) is 9.97 Å². The molecule has 0 saturated heterocycles. The minimum Gasteiger partial charge on any atom is -0.311 e. The van der Waals surface area contributed by atoms with Crippen LogP contribution >= 0.6 is 0 Å². The van der Waals surface area contributed by atoms with Gasteiger partial charge in [-0.1, -0.05) is 122 Å². The molecule has 0 fully saturated rings. The van der Waals surface area contributed by atoms with E-state index in [1.54, 1.807) is 0 Å². The summed E-state index contributed by atoms with van der Waals surface area (Å²) in [5.41, 5.74) is 7.64. The van der Waals surface area contributed by atoms with Crippen LogP contribution in [0.2, 0.25) is 13.1 Å². The van der Waals surface area contributed by atoms with Gasteiger partial charge in [-0.3, -0.25) is 0 Å². The smallest absolute Gasteiger partial charge is 0.160 e. The van der Waals surface area contributed by atoms with Crippen molar-refractivity contribution in [2.75, 3.05) is 4.90 Å². The Morgan fingerprint density at radius 1 is 0.548 bits per heavy atom. The van der Waals surface area contributed by atoms with E-state index < -0.39 is 8.07 Å². The molecule has 0 radical (unpaired) electrons. The second-order valence-electron chi connectivity index (χ2n) is 11.5. The van der Waals surface area contributed by atoms with Crippen LogP contribution in [-0.4, -0.2) is 18.0 Å². The van der Waals surface area contributed by atoms with Crippen LogP contribution in [0.25, 0.3) is 44.3 Å². The number of hydrogen-bond donors (Lipinski definition) is 0. The van der Waals surface area contributed by atoms with Crippen molar-refractivity contribution in [3.05, 3.63) is 140 Å². The summed E-state index contributed by atoms with van der Waals surface area (Å²) in [4.78, 5) is 12.8. The third kappa shape index (κ3) is 3.80. The molecule has 42 heavy (non-hydrogen) atoms. The summed E-state index contributed by atoms with van der Waals surface area (Å²) < 4.78 is 0. The predicted octanol–water partition coefficient (Wildman–Crippen LogP) is 8.72. The van der Waals surface area contributed by atoms with Crippen LogP contribution < -0.4 is 15.3 Å². The van der Waals surface area contributed by atoms with E-state index in [0.29, 0.717) is 0 Å². The zero-order chi connectivity index (χ0) is 28.3. The number of nitrogens with zero attached hydrogens (tertiary/aromatic N) is 3. The van der Waals surface area contributed by atoms with Crippen LogP contribution in [0, 0.1) is 0 Å². The summed E-state index contributed by atoms with van der Waals surface area (Å²) in [6.07, 6.45) is 0. The number of hydrogen-bond acceptors (Lipinski definition) is 3. The Morgan fingerprint density at radius 2 is 1.19 bits per heavy atom. The predicted molar refractivity (Wildman–Crippen MR) is 179 cm³/mol. The summed E-state index contributed by atoms with van der Waals surface area (Å²) in [6, 6.07) is 49.8. The first-order valence-corrected chi connectivity index (χ1v) is 17.4. The molecule has 1 aliphatic heterocycles. The highest BCUT2D eigenvalue weighted by Crippen LogP contribution is 2.41. The molecular weight excluding hydrogens is 527 g/mol. The third-order valence-electron chi connectivity index (χ3n) is 8.65. The molecule has 4 heteroatoms. The van der Waals surface area contributed by atoms with Gasteiger partial charge in [0.1, 0.15) is 8.07 Å². The zero-order valence-corrected chi connectivity index (χ0v) is 24.6. The molecule has 8 rings (SSSR count). The van der Waals surface area contributed by atoms with Gasteiger partial charge in [0.15, 0.2) is 5.82 Å². The van der Waals surface area contributed by atoms with Gasteiger partial charge >= 0.3 is 0 Å². The first kappa shape index (κ1) is 24.7. The molecule has 200 valence electrons. The lowest BCUT2D eigenvalue weighted by molar-refractivity contribution is 1.22. The van der Waals surface area contributed by atoms with E-state index >= 15 is 0 Å². The standard InChI is InChI=1S/C38H29N3Si/c1-42(2)35-21-10-8-19-33(35)41(34-20-9-11-22-36(34)42)28-23-24-31-32(25-28)39-38(27-14-4-3-5-15-27)40-37(31)30-18-12-16-26-13-6-7-17-29(26)30/h3-25H,1-2H3. The number of fused-ring (bicyclic) bond motifs is 4. The molecule has 1 aliphatic rings. The van der Waals surface area contributed by atoms with Crippen molar-refractivity contribution >= 4 is 57.2 Å². The molecule has 3 nitrogen and oxygen atoms in total. The molecule has 1 aromatic heterocycles. The number of aromatic nitrogens is 2. The quantitative estimate of drug-likeness (QED) is 0.204. The normalized spacial score (nSPS) is 13.6. The van der Waals surface area contributed by atoms with E-state index in [-0.39, 0.29) is 0 Å². The van der Waals surface area contributed by atoms with Gasteiger partial charge in [0.05, 0.1) is 11.2 Å². The Morgan fingerprint density at radius 3 is 1.95 bits per heavy atom. The molecule has 0 N–H and O–H groups in total. The van der Waals surface area contributed by atoms with Gasteiger partial charge in [-0.15, -0.1) is 0 Å². The monoisotopic (exact) mass is 555 g/mol. The maximum atomic E-state index is 5.21. The van der Waals surface area contributed by atoms with Crippen molar-refractivity contribution in [3.63, 3.8) is 0 Å². The van der Waals surface area contributed by atoms with Gasteiger partial charge in [-0.25, -0.2) is 9.97 Å². The minimum atomic E-state index is -1.86. The molecule has 0 unspecified atom stereocenters. The first-order chi connectivity index (χ1) is 20.6. The van der Waals surface area contributed by atoms with Crippen LogP contribution in [-0.2, 0) is 0 Å². The lowest BCUT2D eigenvalue weighted by Crippen LogP contribution is -2.58. The van der Waals surface area contributed by atoms with Gasteiger partial charge < -0.3 is 4.90 Å². The minimum absolute atomic E-state index is 0.733. The molecule has 7 aromatic rings. The highest BCUT2D eigenvalue weighted by atomic mass is 28.3. The van der Waals surface area contributed by atoms with Crippen molar-refractivity contribution in [2.24, 2.45) is 0 Å². The van der Waals surface area contributed by atoms with E-state index in [1.807, 2.05) is 18.2 Å². The van der Waals surface area contributed by atoms with Crippen LogP contribution in [0.5, 0.6) is 0 Å². The van der Waals surface area contributed by atoms with Crippen molar-refractivity contribution in [2.45, 2.75) is 13.1 Å². The van der Waals surface area contributed by atoms with E-state index in [0.717, 1.165) is 39.2 Å². The number of benzene rings is 6. The highest BCUT2D eigenvalue weighted by molar-refractivity contribution is 7.02. The Kier molecular flexibility index (Phi) is 5.59. The fourth-order valence-corrected chi connectivity index (χ4v) is 9.54. The summed E-state index contributed by atoms with van der Waals surface area (Å²) in [5, 5.41) is 6.34. The summed E-state index contributed by atoms with van der Waals surface area (Å²) in [6.45, 7) is 4.91. The van der Waals surface area contributed by atoms with Crippen LogP contribution in [0.4, 0.5) is 17.1 Å². The number of anilines is 3. The largest absolute Gasteiger partial charge is 0.311 e. The Labute approximate surface area is 246 Å². The molecule has 0 amide bonds. The maximum absolute atomic E-state index is 5.21. The Balaban J connectivity index is 1.40. The van der Waals surface area contributed by atoms with Crippen molar-refractivity contribution in [3.8, 4) is 22.6 Å². The molecule has 0 atom stereocenters. The second kappa shape index (κ2) is 9.50. The number of rotatable bonds is 3. The Bertz CT molecular complexity index is 2080. The molecule has 6 aromatic carbocycles. The Hall–Kier alpha value is -5.06. The lowest BCUT2D eigenvalue weighted by Gasteiger charge is -2.41. The molecular formula is C38H29N3Si. The second-order valence-corrected chi connectivity index (χ2v) is 15.8. The van der Waals surface area contributed by atoms with Gasteiger partial charge in [-0.05, 0) is 51.5 Å². The van der Waals surface area contributed by atoms with E-state index in [1.165, 1.54) is 32.5 Å². The molecule has 0 aliphatic carbocycles. The fraction of sp³-hybridized carbons (Fsp3) is 0.0526. The maximum Gasteiger partial charge on any atom is 0.160 e. The molecule has 0 saturated carbocycles. The summed E-state index contributed by atoms with van der Waals surface area (Å²) >= 11 is 0. The van der Waals surface area contributed by atoms with Crippen LogP contribution in [0.1, 0.15) is 0 Å². The third-order valence-corrected chi connectivity index (χ3v) is 12.2. The lowest BCUT2D eigenvalue weighted by atomic mass is 9.98. The van der Waals surface area contributed by atoms with Crippen molar-refractivity contribution < 1.29 is 0 Å². The van der Waals surface area contributed by atoms with Gasteiger partial charge in [0.2, 0.25) is 0 Å². The van der Waals surface area contributed by atoms with Crippen molar-refractivity contribution in [1.29, 1.82) is 0 Å². The summed E-state index contributed by atoms with van der Waals surface area (Å²) in [7, 11) is -1.86. The number of para-hydroxylation sites is 2. The van der Waals surface area contributed by atoms with Crippen molar-refractivity contribution in [1.82, 2.24) is 9.97 Å². The average Bonchev–Trinajstić information content (AvgIpc) is 3.04. The molecule has 0 spiro atoms. The van der Waals surface area contributed by atoms with E-state index in [2.05, 4.69) is 139 Å².